The molecule has 0 aliphatic carbocycles. The number of amides is 2. The third-order valence-electron chi connectivity index (χ3n) is 2.10. The van der Waals surface area contributed by atoms with Crippen molar-refractivity contribution in [2.45, 2.75) is 0 Å². The van der Waals surface area contributed by atoms with Gasteiger partial charge in [-0.05, 0) is 12.1 Å². The number of nitrogens with zero attached hydrogens (tertiary/aromatic N) is 1. The van der Waals surface area contributed by atoms with Crippen LogP contribution in [-0.4, -0.2) is 43.4 Å². The van der Waals surface area contributed by atoms with Crippen LogP contribution in [0.5, 0.6) is 5.75 Å². The van der Waals surface area contributed by atoms with Gasteiger partial charge in [0.15, 0.2) is 0 Å². The Kier molecular flexibility index (Phi) is 6.04. The number of aromatic hydroxyl groups is 1. The van der Waals surface area contributed by atoms with Gasteiger partial charge in [0.2, 0.25) is 0 Å². The minimum Gasteiger partial charge on any atom is -0.507 e. The highest BCUT2D eigenvalue weighted by Gasteiger charge is 2.11. The monoisotopic (exact) mass is 265 g/mol. The number of carbonyl (C=O) groups is 2. The second-order valence-electron chi connectivity index (χ2n) is 3.51. The van der Waals surface area contributed by atoms with Gasteiger partial charge in [-0.3, -0.25) is 9.59 Å². The van der Waals surface area contributed by atoms with Crippen molar-refractivity contribution in [1.29, 1.82) is 0 Å². The Morgan fingerprint density at radius 3 is 2.79 bits per heavy atom. The summed E-state index contributed by atoms with van der Waals surface area (Å²) in [6.45, 7) is 0.562. The first kappa shape index (κ1) is 14.7. The summed E-state index contributed by atoms with van der Waals surface area (Å²) in [7, 11) is 1.49. The molecule has 1 aromatic rings. The number of carbonyl (C=O) groups excluding carboxylic acids is 2. The molecule has 0 saturated carbocycles. The fraction of sp³-hybridized carbons (Fsp3) is 0.250. The number of ether oxygens (including phenoxy) is 1. The molecule has 19 heavy (non-hydrogen) atoms. The van der Waals surface area contributed by atoms with Crippen LogP contribution in [0, 0.1) is 0 Å². The molecule has 0 saturated heterocycles. The zero-order chi connectivity index (χ0) is 14.1. The minimum atomic E-state index is -0.886. The van der Waals surface area contributed by atoms with E-state index in [2.05, 4.69) is 15.8 Å². The van der Waals surface area contributed by atoms with E-state index in [0.717, 1.165) is 0 Å². The van der Waals surface area contributed by atoms with E-state index in [0.29, 0.717) is 12.2 Å². The summed E-state index contributed by atoms with van der Waals surface area (Å²) in [5.74, 6) is -1.65. The third kappa shape index (κ3) is 5.17. The molecule has 0 spiro atoms. The Morgan fingerprint density at radius 1 is 1.37 bits per heavy atom. The maximum absolute atomic E-state index is 11.3. The molecule has 0 fully saturated rings. The standard InChI is InChI=1S/C12H15N3O4/c1-19-7-6-13-11(17)12(18)15-14-8-9-4-2-3-5-10(9)16/h2-5,8,16H,6-7H2,1H3,(H,13,17)(H,15,18)/b14-8+. The molecule has 0 unspecified atom stereocenters. The van der Waals surface area contributed by atoms with Crippen molar-refractivity contribution >= 4 is 18.0 Å². The average molecular weight is 265 g/mol. The first-order valence-electron chi connectivity index (χ1n) is 5.53. The summed E-state index contributed by atoms with van der Waals surface area (Å²) >= 11 is 0. The van der Waals surface area contributed by atoms with Gasteiger partial charge < -0.3 is 15.2 Å². The number of hydrogen-bond donors (Lipinski definition) is 3. The van der Waals surface area contributed by atoms with Crippen LogP contribution in [0.3, 0.4) is 0 Å². The lowest BCUT2D eigenvalue weighted by molar-refractivity contribution is -0.139. The molecule has 3 N–H and O–H groups in total. The molecule has 0 heterocycles. The maximum atomic E-state index is 11.3. The van der Waals surface area contributed by atoms with E-state index in [-0.39, 0.29) is 12.3 Å². The summed E-state index contributed by atoms with van der Waals surface area (Å²) in [6.07, 6.45) is 1.25. The molecule has 0 aromatic heterocycles. The van der Waals surface area contributed by atoms with Gasteiger partial charge in [0.1, 0.15) is 5.75 Å². The van der Waals surface area contributed by atoms with Gasteiger partial charge in [0.05, 0.1) is 12.8 Å². The number of para-hydroxylation sites is 1. The molecular weight excluding hydrogens is 250 g/mol. The van der Waals surface area contributed by atoms with Crippen LogP contribution in [0.4, 0.5) is 0 Å². The van der Waals surface area contributed by atoms with Crippen molar-refractivity contribution in [3.8, 4) is 5.75 Å². The van der Waals surface area contributed by atoms with E-state index < -0.39 is 11.8 Å². The van der Waals surface area contributed by atoms with Crippen molar-refractivity contribution in [2.75, 3.05) is 20.3 Å². The van der Waals surface area contributed by atoms with Crippen molar-refractivity contribution in [1.82, 2.24) is 10.7 Å². The molecule has 1 aromatic carbocycles. The highest BCUT2D eigenvalue weighted by molar-refractivity contribution is 6.35. The van der Waals surface area contributed by atoms with Gasteiger partial charge in [-0.2, -0.15) is 5.10 Å². The summed E-state index contributed by atoms with van der Waals surface area (Å²) < 4.78 is 4.72. The molecule has 102 valence electrons. The average Bonchev–Trinajstić information content (AvgIpc) is 2.41. The van der Waals surface area contributed by atoms with E-state index in [9.17, 15) is 14.7 Å². The fourth-order valence-electron chi connectivity index (χ4n) is 1.15. The first-order valence-corrected chi connectivity index (χ1v) is 5.53. The number of nitrogens with one attached hydrogen (secondary N) is 2. The lowest BCUT2D eigenvalue weighted by Gasteiger charge is -2.02. The highest BCUT2D eigenvalue weighted by Crippen LogP contribution is 2.12. The number of phenolic OH excluding ortho intramolecular Hbond substituents is 1. The second kappa shape index (κ2) is 7.83. The summed E-state index contributed by atoms with van der Waals surface area (Å²) in [6, 6.07) is 6.47. The smallest absolute Gasteiger partial charge is 0.329 e. The third-order valence-corrected chi connectivity index (χ3v) is 2.10. The Bertz CT molecular complexity index is 474. The number of methoxy groups -OCH3 is 1. The van der Waals surface area contributed by atoms with Crippen LogP contribution >= 0.6 is 0 Å². The number of rotatable bonds is 5. The van der Waals surface area contributed by atoms with Crippen molar-refractivity contribution in [3.05, 3.63) is 29.8 Å². The van der Waals surface area contributed by atoms with Crippen LogP contribution in [0.2, 0.25) is 0 Å². The van der Waals surface area contributed by atoms with Crippen LogP contribution in [0.1, 0.15) is 5.56 Å². The van der Waals surface area contributed by atoms with Gasteiger partial charge in [-0.1, -0.05) is 12.1 Å². The summed E-state index contributed by atoms with van der Waals surface area (Å²) in [4.78, 5) is 22.5. The van der Waals surface area contributed by atoms with Crippen LogP contribution < -0.4 is 10.7 Å². The molecule has 0 radical (unpaired) electrons. The fourth-order valence-corrected chi connectivity index (χ4v) is 1.15. The Labute approximate surface area is 110 Å². The Morgan fingerprint density at radius 2 is 2.11 bits per heavy atom. The van der Waals surface area contributed by atoms with Gasteiger partial charge in [0.25, 0.3) is 0 Å². The normalized spacial score (nSPS) is 10.4. The SMILES string of the molecule is COCCNC(=O)C(=O)N/N=C/c1ccccc1O. The lowest BCUT2D eigenvalue weighted by Crippen LogP contribution is -2.39. The van der Waals surface area contributed by atoms with Crippen molar-refractivity contribution < 1.29 is 19.4 Å². The van der Waals surface area contributed by atoms with Crippen molar-refractivity contribution in [3.63, 3.8) is 0 Å². The number of hydrogen-bond acceptors (Lipinski definition) is 5. The zero-order valence-corrected chi connectivity index (χ0v) is 10.4. The predicted molar refractivity (Wildman–Crippen MR) is 68.7 cm³/mol. The van der Waals surface area contributed by atoms with E-state index in [1.54, 1.807) is 18.2 Å². The molecular formula is C12H15N3O4. The van der Waals surface area contributed by atoms with E-state index in [1.165, 1.54) is 19.4 Å². The summed E-state index contributed by atoms with van der Waals surface area (Å²) in [5.41, 5.74) is 2.48. The minimum absolute atomic E-state index is 0.0324. The van der Waals surface area contributed by atoms with Gasteiger partial charge in [-0.15, -0.1) is 0 Å². The molecule has 2 amide bonds. The van der Waals surface area contributed by atoms with Crippen LogP contribution in [0.25, 0.3) is 0 Å². The van der Waals surface area contributed by atoms with Gasteiger partial charge in [-0.25, -0.2) is 5.43 Å². The number of phenols is 1. The Hall–Kier alpha value is -2.41. The number of hydrazone groups is 1. The zero-order valence-electron chi connectivity index (χ0n) is 10.4. The van der Waals surface area contributed by atoms with Gasteiger partial charge in [0, 0.05) is 19.2 Å². The van der Waals surface area contributed by atoms with Crippen LogP contribution in [0.15, 0.2) is 29.4 Å². The summed E-state index contributed by atoms with van der Waals surface area (Å²) in [5, 5.41) is 15.4. The predicted octanol–water partition coefficient (Wildman–Crippen LogP) is -0.395. The topological polar surface area (TPSA) is 100 Å². The maximum Gasteiger partial charge on any atom is 0.329 e. The van der Waals surface area contributed by atoms with E-state index >= 15 is 0 Å². The molecule has 0 bridgehead atoms. The van der Waals surface area contributed by atoms with E-state index in [4.69, 9.17) is 4.74 Å². The molecule has 0 atom stereocenters. The molecule has 7 heteroatoms. The molecule has 1 rings (SSSR count). The molecule has 0 aliphatic rings. The lowest BCUT2D eigenvalue weighted by atomic mass is 10.2. The first-order chi connectivity index (χ1) is 9.15. The second-order valence-corrected chi connectivity index (χ2v) is 3.51. The quantitative estimate of drug-likeness (QED) is 0.292. The highest BCUT2D eigenvalue weighted by atomic mass is 16.5. The molecule has 7 nitrogen and oxygen atoms in total. The number of benzene rings is 1. The van der Waals surface area contributed by atoms with Gasteiger partial charge >= 0.3 is 11.8 Å². The van der Waals surface area contributed by atoms with Crippen LogP contribution in [-0.2, 0) is 14.3 Å². The molecule has 0 aliphatic heterocycles. The van der Waals surface area contributed by atoms with E-state index in [1.807, 2.05) is 0 Å². The van der Waals surface area contributed by atoms with Crippen molar-refractivity contribution in [2.24, 2.45) is 5.10 Å². The Balaban J connectivity index is 2.41. The largest absolute Gasteiger partial charge is 0.507 e.